The van der Waals surface area contributed by atoms with Gasteiger partial charge in [0.1, 0.15) is 0 Å². The fraction of sp³-hybridized carbons (Fsp3) is 0. The molecule has 3 aromatic heterocycles. The van der Waals surface area contributed by atoms with E-state index in [0.29, 0.717) is 11.5 Å². The molecule has 0 aliphatic carbocycles. The van der Waals surface area contributed by atoms with Gasteiger partial charge in [-0.15, -0.1) is 5.10 Å². The molecule has 0 radical (unpaired) electrons. The van der Waals surface area contributed by atoms with Gasteiger partial charge in [-0.25, -0.2) is 4.52 Å². The van der Waals surface area contributed by atoms with Crippen molar-refractivity contribution < 1.29 is 0 Å². The van der Waals surface area contributed by atoms with Crippen LogP contribution in [-0.4, -0.2) is 24.8 Å². The lowest BCUT2D eigenvalue weighted by Crippen LogP contribution is -1.91. The van der Waals surface area contributed by atoms with Crippen LogP contribution in [0.3, 0.4) is 0 Å². The number of H-pyrrole nitrogens is 1. The highest BCUT2D eigenvalue weighted by atomic mass is 15.3. The number of benzene rings is 1. The van der Waals surface area contributed by atoms with Crippen LogP contribution in [0.15, 0.2) is 55.0 Å². The van der Waals surface area contributed by atoms with Gasteiger partial charge in [-0.1, -0.05) is 12.1 Å². The van der Waals surface area contributed by atoms with Crippen molar-refractivity contribution in [3.05, 3.63) is 60.6 Å². The van der Waals surface area contributed by atoms with Crippen molar-refractivity contribution in [3.63, 3.8) is 0 Å². The molecule has 0 aliphatic heterocycles. The Morgan fingerprint density at radius 1 is 1.17 bits per heavy atom. The number of nitriles is 1. The highest BCUT2D eigenvalue weighted by molar-refractivity contribution is 5.78. The van der Waals surface area contributed by atoms with E-state index in [4.69, 9.17) is 5.26 Å². The topological polar surface area (TPSA) is 94.7 Å². The normalized spacial score (nSPS) is 10.6. The Hall–Kier alpha value is -3.66. The van der Waals surface area contributed by atoms with E-state index in [0.717, 1.165) is 22.5 Å². The summed E-state index contributed by atoms with van der Waals surface area (Å²) in [7, 11) is 0. The summed E-state index contributed by atoms with van der Waals surface area (Å²) in [5, 5.41) is 23.0. The molecule has 0 saturated carbocycles. The maximum atomic E-state index is 8.90. The Balaban J connectivity index is 1.77. The van der Waals surface area contributed by atoms with Crippen molar-refractivity contribution in [2.75, 3.05) is 5.32 Å². The van der Waals surface area contributed by atoms with Crippen LogP contribution in [0, 0.1) is 11.3 Å². The van der Waals surface area contributed by atoms with Crippen LogP contribution in [0.5, 0.6) is 0 Å². The molecule has 0 bridgehead atoms. The van der Waals surface area contributed by atoms with Gasteiger partial charge in [0.05, 0.1) is 23.5 Å². The first-order chi connectivity index (χ1) is 11.3. The van der Waals surface area contributed by atoms with E-state index in [1.165, 1.54) is 0 Å². The van der Waals surface area contributed by atoms with Gasteiger partial charge in [-0.05, 0) is 29.8 Å². The zero-order valence-corrected chi connectivity index (χ0v) is 11.9. The first-order valence-electron chi connectivity index (χ1n) is 6.95. The number of anilines is 2. The summed E-state index contributed by atoms with van der Waals surface area (Å²) in [4.78, 5) is 4.54. The van der Waals surface area contributed by atoms with E-state index < -0.39 is 0 Å². The molecule has 110 valence electrons. The van der Waals surface area contributed by atoms with Crippen LogP contribution >= 0.6 is 0 Å². The number of hydrogen-bond donors (Lipinski definition) is 2. The van der Waals surface area contributed by atoms with Gasteiger partial charge in [0.2, 0.25) is 5.95 Å². The standard InChI is InChI=1S/C16H11N7/c17-8-11-3-5-12(6-4-11)14-2-1-7-23-15(14)21-16(22-23)20-13-9-18-19-10-13/h1-7,9-10H,(H,18,19)(H,20,22). The zero-order chi connectivity index (χ0) is 15.6. The van der Waals surface area contributed by atoms with Crippen molar-refractivity contribution in [3.8, 4) is 17.2 Å². The summed E-state index contributed by atoms with van der Waals surface area (Å²) in [6.45, 7) is 0. The van der Waals surface area contributed by atoms with Crippen molar-refractivity contribution in [1.29, 1.82) is 5.26 Å². The number of nitrogens with one attached hydrogen (secondary N) is 2. The molecular weight excluding hydrogens is 290 g/mol. The molecule has 23 heavy (non-hydrogen) atoms. The van der Waals surface area contributed by atoms with Gasteiger partial charge in [-0.3, -0.25) is 5.10 Å². The number of hydrogen-bond acceptors (Lipinski definition) is 5. The quantitative estimate of drug-likeness (QED) is 0.606. The third-order valence-corrected chi connectivity index (χ3v) is 3.44. The molecule has 0 spiro atoms. The molecule has 0 fully saturated rings. The Labute approximate surface area is 131 Å². The Kier molecular flexibility index (Phi) is 2.99. The number of aromatic nitrogens is 5. The Morgan fingerprint density at radius 2 is 2.04 bits per heavy atom. The number of aromatic amines is 1. The molecule has 3 heterocycles. The number of fused-ring (bicyclic) bond motifs is 1. The van der Waals surface area contributed by atoms with Gasteiger partial charge in [0.25, 0.3) is 0 Å². The minimum absolute atomic E-state index is 0.493. The lowest BCUT2D eigenvalue weighted by atomic mass is 10.1. The van der Waals surface area contributed by atoms with Gasteiger partial charge >= 0.3 is 0 Å². The van der Waals surface area contributed by atoms with Crippen LogP contribution in [0.25, 0.3) is 16.8 Å². The van der Waals surface area contributed by atoms with E-state index >= 15 is 0 Å². The second kappa shape index (κ2) is 5.27. The second-order valence-corrected chi connectivity index (χ2v) is 4.93. The van der Waals surface area contributed by atoms with Crippen molar-refractivity contribution in [1.82, 2.24) is 24.8 Å². The van der Waals surface area contributed by atoms with Crippen LogP contribution in [-0.2, 0) is 0 Å². The summed E-state index contributed by atoms with van der Waals surface area (Å²) in [5.74, 6) is 0.493. The monoisotopic (exact) mass is 301 g/mol. The van der Waals surface area contributed by atoms with Crippen molar-refractivity contribution in [2.24, 2.45) is 0 Å². The third-order valence-electron chi connectivity index (χ3n) is 3.44. The Bertz CT molecular complexity index is 991. The molecule has 0 aliphatic rings. The fourth-order valence-corrected chi connectivity index (χ4v) is 2.36. The van der Waals surface area contributed by atoms with Crippen molar-refractivity contribution in [2.45, 2.75) is 0 Å². The molecule has 4 aromatic rings. The minimum Gasteiger partial charge on any atom is -0.320 e. The average Bonchev–Trinajstić information content (AvgIpc) is 3.24. The molecule has 7 heteroatoms. The van der Waals surface area contributed by atoms with Crippen LogP contribution in [0.2, 0.25) is 0 Å². The molecule has 7 nitrogen and oxygen atoms in total. The maximum absolute atomic E-state index is 8.90. The molecule has 0 saturated heterocycles. The summed E-state index contributed by atoms with van der Waals surface area (Å²) in [6, 6.07) is 13.4. The molecule has 2 N–H and O–H groups in total. The fourth-order valence-electron chi connectivity index (χ4n) is 2.36. The number of pyridine rings is 1. The molecule has 0 unspecified atom stereocenters. The largest absolute Gasteiger partial charge is 0.320 e. The SMILES string of the molecule is N#Cc1ccc(-c2cccn3nc(Nc4cn[nH]c4)nc23)cc1. The summed E-state index contributed by atoms with van der Waals surface area (Å²) in [5.41, 5.74) is 4.09. The van der Waals surface area contributed by atoms with Crippen LogP contribution < -0.4 is 5.32 Å². The number of rotatable bonds is 3. The van der Waals surface area contributed by atoms with Gasteiger partial charge < -0.3 is 5.32 Å². The predicted molar refractivity (Wildman–Crippen MR) is 85.0 cm³/mol. The number of nitrogens with zero attached hydrogens (tertiary/aromatic N) is 5. The third kappa shape index (κ3) is 2.38. The molecule has 0 atom stereocenters. The average molecular weight is 301 g/mol. The van der Waals surface area contributed by atoms with Crippen LogP contribution in [0.4, 0.5) is 11.6 Å². The maximum Gasteiger partial charge on any atom is 0.247 e. The molecule has 0 amide bonds. The van der Waals surface area contributed by atoms with E-state index in [-0.39, 0.29) is 0 Å². The molecule has 4 rings (SSSR count). The highest BCUT2D eigenvalue weighted by Gasteiger charge is 2.10. The lowest BCUT2D eigenvalue weighted by Gasteiger charge is -2.02. The lowest BCUT2D eigenvalue weighted by molar-refractivity contribution is 0.966. The van der Waals surface area contributed by atoms with E-state index in [1.807, 2.05) is 30.5 Å². The predicted octanol–water partition coefficient (Wildman–Crippen LogP) is 2.73. The van der Waals surface area contributed by atoms with E-state index in [1.54, 1.807) is 29.0 Å². The van der Waals surface area contributed by atoms with Gasteiger partial charge in [-0.2, -0.15) is 15.3 Å². The first kappa shape index (κ1) is 13.0. The van der Waals surface area contributed by atoms with Gasteiger partial charge in [0, 0.05) is 18.0 Å². The van der Waals surface area contributed by atoms with E-state index in [2.05, 4.69) is 31.7 Å². The zero-order valence-electron chi connectivity index (χ0n) is 11.9. The van der Waals surface area contributed by atoms with E-state index in [9.17, 15) is 0 Å². The first-order valence-corrected chi connectivity index (χ1v) is 6.95. The second-order valence-electron chi connectivity index (χ2n) is 4.93. The molecule has 1 aromatic carbocycles. The van der Waals surface area contributed by atoms with Crippen LogP contribution in [0.1, 0.15) is 5.56 Å². The molecular formula is C16H11N7. The summed E-state index contributed by atoms with van der Waals surface area (Å²) in [6.07, 6.45) is 5.23. The smallest absolute Gasteiger partial charge is 0.247 e. The van der Waals surface area contributed by atoms with Crippen molar-refractivity contribution >= 4 is 17.3 Å². The minimum atomic E-state index is 0.493. The Morgan fingerprint density at radius 3 is 2.78 bits per heavy atom. The van der Waals surface area contributed by atoms with Gasteiger partial charge in [0.15, 0.2) is 5.65 Å². The summed E-state index contributed by atoms with van der Waals surface area (Å²) < 4.78 is 1.72. The highest BCUT2D eigenvalue weighted by Crippen LogP contribution is 2.25. The summed E-state index contributed by atoms with van der Waals surface area (Å²) >= 11 is 0.